The van der Waals surface area contributed by atoms with Crippen molar-refractivity contribution in [2.75, 3.05) is 13.2 Å². The first-order chi connectivity index (χ1) is 15.0. The number of aromatic nitrogens is 5. The average molecular weight is 419 g/mol. The zero-order valence-corrected chi connectivity index (χ0v) is 17.6. The number of nitrogens with zero attached hydrogens (tertiary/aromatic N) is 5. The molecule has 0 spiro atoms. The van der Waals surface area contributed by atoms with Gasteiger partial charge >= 0.3 is 0 Å². The van der Waals surface area contributed by atoms with E-state index in [1.807, 2.05) is 36.0 Å². The molecular formula is C23H22FN5O2. The Bertz CT molecular complexity index is 1360. The van der Waals surface area contributed by atoms with E-state index in [1.165, 1.54) is 6.07 Å². The Kier molecular flexibility index (Phi) is 3.87. The van der Waals surface area contributed by atoms with Crippen molar-refractivity contribution in [3.8, 4) is 22.6 Å². The molecule has 8 heteroatoms. The molecule has 2 aliphatic rings. The molecule has 0 fully saturated rings. The third kappa shape index (κ3) is 2.60. The summed E-state index contributed by atoms with van der Waals surface area (Å²) in [6.45, 7) is 4.97. The number of fused-ring (bicyclic) bond motifs is 3. The largest absolute Gasteiger partial charge is 0.493 e. The number of hydrogen-bond acceptors (Lipinski definition) is 5. The van der Waals surface area contributed by atoms with Crippen molar-refractivity contribution >= 4 is 5.65 Å². The van der Waals surface area contributed by atoms with Gasteiger partial charge in [-0.3, -0.25) is 9.08 Å². The maximum Gasteiger partial charge on any atom is 0.169 e. The molecule has 31 heavy (non-hydrogen) atoms. The van der Waals surface area contributed by atoms with Gasteiger partial charge < -0.3 is 9.47 Å². The van der Waals surface area contributed by atoms with Crippen LogP contribution in [0.3, 0.4) is 0 Å². The van der Waals surface area contributed by atoms with Crippen molar-refractivity contribution < 1.29 is 13.9 Å². The summed E-state index contributed by atoms with van der Waals surface area (Å²) in [7, 11) is 1.94. The lowest BCUT2D eigenvalue weighted by atomic mass is 9.93. The van der Waals surface area contributed by atoms with E-state index in [9.17, 15) is 4.39 Å². The van der Waals surface area contributed by atoms with Crippen molar-refractivity contribution in [2.45, 2.75) is 32.6 Å². The van der Waals surface area contributed by atoms with E-state index in [-0.39, 0.29) is 11.7 Å². The second-order valence-corrected chi connectivity index (χ2v) is 8.32. The van der Waals surface area contributed by atoms with Gasteiger partial charge in [-0.15, -0.1) is 10.2 Å². The standard InChI is InChI=1S/C23H22FN5O2/c1-12-21(13(2)28(3)27-12)16-8-20-18(29-11-25-26-23(16)29)6-4-15-17(24)5-7-19-22(15)14(9-30-19)10-31-20/h5,7-8,11,14H,4,6,9-10H2,1-3H3/t14-/m1/s1. The second kappa shape index (κ2) is 6.54. The van der Waals surface area contributed by atoms with Gasteiger partial charge in [-0.2, -0.15) is 5.10 Å². The predicted molar refractivity (Wildman–Crippen MR) is 112 cm³/mol. The fourth-order valence-corrected chi connectivity index (χ4v) is 5.01. The van der Waals surface area contributed by atoms with E-state index in [0.29, 0.717) is 26.1 Å². The molecule has 5 heterocycles. The Balaban J connectivity index is 1.55. The van der Waals surface area contributed by atoms with Gasteiger partial charge in [-0.25, -0.2) is 4.39 Å². The zero-order chi connectivity index (χ0) is 21.3. The smallest absolute Gasteiger partial charge is 0.169 e. The van der Waals surface area contributed by atoms with Crippen LogP contribution in [0.4, 0.5) is 4.39 Å². The Morgan fingerprint density at radius 2 is 1.90 bits per heavy atom. The van der Waals surface area contributed by atoms with Crippen LogP contribution in [0, 0.1) is 19.7 Å². The first kappa shape index (κ1) is 18.4. The number of aryl methyl sites for hydroxylation is 3. The summed E-state index contributed by atoms with van der Waals surface area (Å²) in [5.74, 6) is 1.36. The van der Waals surface area contributed by atoms with Gasteiger partial charge in [0.25, 0.3) is 0 Å². The summed E-state index contributed by atoms with van der Waals surface area (Å²) in [5.41, 5.74) is 7.32. The number of ether oxygens (including phenoxy) is 2. The van der Waals surface area contributed by atoms with Gasteiger partial charge in [0.15, 0.2) is 5.65 Å². The fourth-order valence-electron chi connectivity index (χ4n) is 5.01. The maximum absolute atomic E-state index is 14.8. The molecule has 0 N–H and O–H groups in total. The summed E-state index contributed by atoms with van der Waals surface area (Å²) >= 11 is 0. The van der Waals surface area contributed by atoms with E-state index < -0.39 is 0 Å². The van der Waals surface area contributed by atoms with Crippen LogP contribution < -0.4 is 9.47 Å². The van der Waals surface area contributed by atoms with Crippen molar-refractivity contribution in [1.29, 1.82) is 0 Å². The maximum atomic E-state index is 14.8. The molecule has 2 aliphatic heterocycles. The van der Waals surface area contributed by atoms with Crippen LogP contribution in [-0.4, -0.2) is 37.6 Å². The van der Waals surface area contributed by atoms with Gasteiger partial charge in [0.05, 0.1) is 30.5 Å². The molecule has 0 amide bonds. The first-order valence-electron chi connectivity index (χ1n) is 10.5. The van der Waals surface area contributed by atoms with E-state index in [0.717, 1.165) is 56.5 Å². The molecule has 0 unspecified atom stereocenters. The monoisotopic (exact) mass is 419 g/mol. The molecule has 1 atom stereocenters. The number of hydrogen-bond donors (Lipinski definition) is 0. The highest BCUT2D eigenvalue weighted by molar-refractivity contribution is 5.82. The minimum atomic E-state index is -0.184. The van der Waals surface area contributed by atoms with Crippen LogP contribution in [0.5, 0.6) is 11.5 Å². The molecule has 3 aromatic heterocycles. The minimum absolute atomic E-state index is 0.00794. The van der Waals surface area contributed by atoms with Crippen LogP contribution in [0.1, 0.15) is 34.1 Å². The van der Waals surface area contributed by atoms with Gasteiger partial charge in [0.1, 0.15) is 23.6 Å². The van der Waals surface area contributed by atoms with E-state index in [4.69, 9.17) is 9.47 Å². The van der Waals surface area contributed by atoms with Crippen LogP contribution >= 0.6 is 0 Å². The fraction of sp³-hybridized carbons (Fsp3) is 0.348. The Hall–Kier alpha value is -3.42. The highest BCUT2D eigenvalue weighted by Gasteiger charge is 2.32. The summed E-state index contributed by atoms with van der Waals surface area (Å²) < 4.78 is 30.8. The Labute approximate surface area is 178 Å². The second-order valence-electron chi connectivity index (χ2n) is 8.32. The van der Waals surface area contributed by atoms with Gasteiger partial charge in [0.2, 0.25) is 0 Å². The summed E-state index contributed by atoms with van der Waals surface area (Å²) in [5, 5.41) is 13.1. The van der Waals surface area contributed by atoms with Crippen LogP contribution in [0.15, 0.2) is 24.5 Å². The number of halogens is 1. The third-order valence-corrected chi connectivity index (χ3v) is 6.58. The quantitative estimate of drug-likeness (QED) is 0.472. The van der Waals surface area contributed by atoms with Gasteiger partial charge in [0, 0.05) is 29.4 Å². The first-order valence-corrected chi connectivity index (χ1v) is 10.5. The molecule has 0 aliphatic carbocycles. The lowest BCUT2D eigenvalue weighted by Crippen LogP contribution is -2.13. The number of rotatable bonds is 1. The van der Waals surface area contributed by atoms with E-state index in [2.05, 4.69) is 15.3 Å². The van der Waals surface area contributed by atoms with Crippen LogP contribution in [0.2, 0.25) is 0 Å². The van der Waals surface area contributed by atoms with Gasteiger partial charge in [-0.1, -0.05) is 0 Å². The van der Waals surface area contributed by atoms with Crippen molar-refractivity contribution in [3.63, 3.8) is 0 Å². The molecule has 6 rings (SSSR count). The average Bonchev–Trinajstić information content (AvgIpc) is 3.45. The SMILES string of the molecule is Cc1nn(C)c(C)c1-c1cc2c(n3cnnc13)CCc1c(F)ccc3c1[C@H](CO3)CO2. The third-order valence-electron chi connectivity index (χ3n) is 6.58. The van der Waals surface area contributed by atoms with E-state index in [1.54, 1.807) is 12.4 Å². The molecule has 4 aromatic rings. The summed E-state index contributed by atoms with van der Waals surface area (Å²) in [6, 6.07) is 5.27. The topological polar surface area (TPSA) is 66.5 Å². The lowest BCUT2D eigenvalue weighted by molar-refractivity contribution is 0.246. The van der Waals surface area contributed by atoms with Gasteiger partial charge in [-0.05, 0) is 50.5 Å². The molecule has 0 saturated carbocycles. The zero-order valence-electron chi connectivity index (χ0n) is 17.6. The minimum Gasteiger partial charge on any atom is -0.493 e. The Morgan fingerprint density at radius 3 is 2.68 bits per heavy atom. The predicted octanol–water partition coefficient (Wildman–Crippen LogP) is 3.54. The van der Waals surface area contributed by atoms with Crippen molar-refractivity contribution in [2.24, 2.45) is 7.05 Å². The van der Waals surface area contributed by atoms with Crippen molar-refractivity contribution in [3.05, 3.63) is 58.6 Å². The lowest BCUT2D eigenvalue weighted by Gasteiger charge is -2.16. The normalized spacial score (nSPS) is 17.4. The highest BCUT2D eigenvalue weighted by atomic mass is 19.1. The highest BCUT2D eigenvalue weighted by Crippen LogP contribution is 2.41. The van der Waals surface area contributed by atoms with Crippen LogP contribution in [0.25, 0.3) is 16.8 Å². The molecule has 7 nitrogen and oxygen atoms in total. The van der Waals surface area contributed by atoms with Crippen LogP contribution in [-0.2, 0) is 19.9 Å². The summed E-state index contributed by atoms with van der Waals surface area (Å²) in [6.07, 6.45) is 2.87. The Morgan fingerprint density at radius 1 is 1.10 bits per heavy atom. The molecule has 1 aromatic carbocycles. The molecule has 0 saturated heterocycles. The molecule has 158 valence electrons. The molecule has 0 bridgehead atoms. The summed E-state index contributed by atoms with van der Waals surface area (Å²) in [4.78, 5) is 0. The number of pyridine rings is 1. The molecule has 0 radical (unpaired) electrons. The van der Waals surface area contributed by atoms with E-state index >= 15 is 0 Å². The number of benzene rings is 1. The molecular weight excluding hydrogens is 397 g/mol. The van der Waals surface area contributed by atoms with Crippen molar-refractivity contribution in [1.82, 2.24) is 24.4 Å².